The van der Waals surface area contributed by atoms with Gasteiger partial charge in [-0.15, -0.1) is 0 Å². The van der Waals surface area contributed by atoms with Crippen molar-refractivity contribution < 1.29 is 4.74 Å². The molecule has 2 aromatic carbocycles. The van der Waals surface area contributed by atoms with E-state index in [1.54, 1.807) is 38.6 Å². The van der Waals surface area contributed by atoms with Crippen LogP contribution in [-0.4, -0.2) is 26.2 Å². The van der Waals surface area contributed by atoms with Gasteiger partial charge in [0.05, 0.1) is 12.8 Å². The van der Waals surface area contributed by atoms with Crippen LogP contribution in [-0.2, 0) is 0 Å². The van der Waals surface area contributed by atoms with Gasteiger partial charge in [0.25, 0.3) is 0 Å². The van der Waals surface area contributed by atoms with Crippen molar-refractivity contribution in [1.29, 1.82) is 5.41 Å². The summed E-state index contributed by atoms with van der Waals surface area (Å²) in [4.78, 5) is 3.72. The van der Waals surface area contributed by atoms with Crippen molar-refractivity contribution in [2.75, 3.05) is 19.6 Å². The standard InChI is InChI=1S/C13H14N2O.C7H11N3.C2H6/c1-16-13-9-11(15-14)7-8-12(13)10-5-3-2-4-6-10;1-10-6-4-2-3-5-7(8)9;1-2/h2-9,15H,14H2,1H3;2-6H,1H3,(H3,8,9);1-2H3/b;4-2-,5-3+,10-6?;. The first kappa shape index (κ1) is 24.6. The van der Waals surface area contributed by atoms with Crippen LogP contribution < -0.4 is 21.7 Å². The zero-order valence-corrected chi connectivity index (χ0v) is 17.0. The summed E-state index contributed by atoms with van der Waals surface area (Å²) in [6.07, 6.45) is 8.36. The molecule has 0 saturated carbocycles. The topological polar surface area (TPSA) is 110 Å². The van der Waals surface area contributed by atoms with E-state index in [4.69, 9.17) is 21.7 Å². The van der Waals surface area contributed by atoms with Crippen LogP contribution in [0.5, 0.6) is 5.75 Å². The van der Waals surface area contributed by atoms with Crippen LogP contribution in [0.3, 0.4) is 0 Å². The molecule has 0 aliphatic carbocycles. The lowest BCUT2D eigenvalue weighted by atomic mass is 10.0. The van der Waals surface area contributed by atoms with E-state index in [1.807, 2.05) is 62.4 Å². The Kier molecular flexibility index (Phi) is 13.9. The summed E-state index contributed by atoms with van der Waals surface area (Å²) in [5.74, 6) is 6.22. The highest BCUT2D eigenvalue weighted by Gasteiger charge is 2.05. The number of nitrogens with two attached hydrogens (primary N) is 2. The first-order valence-corrected chi connectivity index (χ1v) is 8.92. The second-order valence-electron chi connectivity index (χ2n) is 5.03. The maximum atomic E-state index is 6.80. The second-order valence-corrected chi connectivity index (χ2v) is 5.03. The molecule has 0 aliphatic rings. The van der Waals surface area contributed by atoms with Crippen molar-refractivity contribution in [1.82, 2.24) is 0 Å². The number of ether oxygens (including phenoxy) is 1. The summed E-state index contributed by atoms with van der Waals surface area (Å²) in [6.45, 7) is 4.00. The third-order valence-electron chi connectivity index (χ3n) is 3.19. The maximum Gasteiger partial charge on any atom is 0.128 e. The summed E-state index contributed by atoms with van der Waals surface area (Å²) in [5, 5.41) is 6.80. The average Bonchev–Trinajstić information content (AvgIpc) is 2.75. The van der Waals surface area contributed by atoms with Gasteiger partial charge < -0.3 is 15.9 Å². The van der Waals surface area contributed by atoms with E-state index in [1.165, 1.54) is 6.08 Å². The van der Waals surface area contributed by atoms with Gasteiger partial charge in [0, 0.05) is 24.9 Å². The van der Waals surface area contributed by atoms with Gasteiger partial charge in [0.1, 0.15) is 11.6 Å². The van der Waals surface area contributed by atoms with Crippen LogP contribution in [0.15, 0.2) is 77.8 Å². The van der Waals surface area contributed by atoms with Crippen molar-refractivity contribution in [3.63, 3.8) is 0 Å². The number of hydrazine groups is 1. The summed E-state index contributed by atoms with van der Waals surface area (Å²) >= 11 is 0. The van der Waals surface area contributed by atoms with E-state index in [0.29, 0.717) is 0 Å². The summed E-state index contributed by atoms with van der Waals surface area (Å²) < 4.78 is 5.35. The molecule has 0 fully saturated rings. The van der Waals surface area contributed by atoms with Gasteiger partial charge in [-0.3, -0.25) is 16.2 Å². The van der Waals surface area contributed by atoms with Crippen molar-refractivity contribution in [2.24, 2.45) is 16.6 Å². The molecule has 0 spiro atoms. The van der Waals surface area contributed by atoms with Crippen LogP contribution in [0.1, 0.15) is 13.8 Å². The third kappa shape index (κ3) is 9.94. The number of hydrogen-bond donors (Lipinski definition) is 4. The number of aliphatic imine (C=N–C) groups is 1. The van der Waals surface area contributed by atoms with Gasteiger partial charge in [0.15, 0.2) is 0 Å². The van der Waals surface area contributed by atoms with Crippen LogP contribution in [0.4, 0.5) is 5.69 Å². The number of allylic oxidation sites excluding steroid dienone is 3. The van der Waals surface area contributed by atoms with Crippen LogP contribution in [0, 0.1) is 5.41 Å². The molecule has 0 aromatic heterocycles. The maximum absolute atomic E-state index is 6.80. The molecule has 2 rings (SSSR count). The minimum atomic E-state index is 0.0538. The van der Waals surface area contributed by atoms with Crippen LogP contribution >= 0.6 is 0 Å². The fraction of sp³-hybridized carbons (Fsp3) is 0.182. The molecule has 2 aromatic rings. The SMILES string of the molecule is CC.CN=C/C=C\C=C\C(=N)N.COc1cc(NN)ccc1-c1ccccc1. The molecule has 6 heteroatoms. The molecule has 0 bridgehead atoms. The van der Waals surface area contributed by atoms with E-state index in [-0.39, 0.29) is 5.84 Å². The lowest BCUT2D eigenvalue weighted by Crippen LogP contribution is -2.06. The Morgan fingerprint density at radius 3 is 2.29 bits per heavy atom. The Morgan fingerprint density at radius 1 is 1.07 bits per heavy atom. The highest BCUT2D eigenvalue weighted by molar-refractivity contribution is 5.88. The molecule has 0 radical (unpaired) electrons. The van der Waals surface area contributed by atoms with Crippen molar-refractivity contribution in [3.05, 3.63) is 72.8 Å². The predicted octanol–water partition coefficient (Wildman–Crippen LogP) is 4.41. The first-order chi connectivity index (χ1) is 13.6. The molecule has 0 heterocycles. The fourth-order valence-corrected chi connectivity index (χ4v) is 2.00. The molecule has 6 nitrogen and oxygen atoms in total. The van der Waals surface area contributed by atoms with Crippen molar-refractivity contribution in [2.45, 2.75) is 13.8 Å². The number of methoxy groups -OCH3 is 1. The smallest absolute Gasteiger partial charge is 0.128 e. The zero-order chi connectivity index (χ0) is 21.2. The van der Waals surface area contributed by atoms with Crippen LogP contribution in [0.2, 0.25) is 0 Å². The number of rotatable bonds is 6. The van der Waals surface area contributed by atoms with E-state index in [2.05, 4.69) is 10.4 Å². The van der Waals surface area contributed by atoms with Gasteiger partial charge in [-0.1, -0.05) is 56.3 Å². The van der Waals surface area contributed by atoms with Gasteiger partial charge in [0.2, 0.25) is 0 Å². The van der Waals surface area contributed by atoms with Gasteiger partial charge in [-0.25, -0.2) is 0 Å². The molecule has 6 N–H and O–H groups in total. The normalized spacial score (nSPS) is 10.2. The number of benzene rings is 2. The van der Waals surface area contributed by atoms with E-state index >= 15 is 0 Å². The van der Waals surface area contributed by atoms with Gasteiger partial charge in [-0.2, -0.15) is 0 Å². The molecule has 0 saturated heterocycles. The lowest BCUT2D eigenvalue weighted by Gasteiger charge is -2.10. The summed E-state index contributed by atoms with van der Waals surface area (Å²) in [6, 6.07) is 15.9. The number of nitrogens with zero attached hydrogens (tertiary/aromatic N) is 1. The fourth-order valence-electron chi connectivity index (χ4n) is 2.00. The van der Waals surface area contributed by atoms with E-state index in [0.717, 1.165) is 22.6 Å². The van der Waals surface area contributed by atoms with Gasteiger partial charge in [-0.05, 0) is 29.8 Å². The minimum absolute atomic E-state index is 0.0538. The Bertz CT molecular complexity index is 768. The largest absolute Gasteiger partial charge is 0.496 e. The molecular weight excluding hydrogens is 350 g/mol. The summed E-state index contributed by atoms with van der Waals surface area (Å²) in [5.41, 5.74) is 10.7. The molecule has 150 valence electrons. The number of nitrogen functional groups attached to an aromatic ring is 1. The molecule has 0 atom stereocenters. The zero-order valence-electron chi connectivity index (χ0n) is 17.0. The molecular formula is C22H31N5O. The monoisotopic (exact) mass is 381 g/mol. The van der Waals surface area contributed by atoms with E-state index < -0.39 is 0 Å². The van der Waals surface area contributed by atoms with Gasteiger partial charge >= 0.3 is 0 Å². The molecule has 28 heavy (non-hydrogen) atoms. The Balaban J connectivity index is 0.000000528. The Labute approximate surface area is 168 Å². The predicted molar refractivity (Wildman–Crippen MR) is 122 cm³/mol. The quantitative estimate of drug-likeness (QED) is 0.195. The molecule has 0 amide bonds. The summed E-state index contributed by atoms with van der Waals surface area (Å²) in [7, 11) is 3.35. The number of nitrogens with one attached hydrogen (secondary N) is 2. The van der Waals surface area contributed by atoms with Crippen LogP contribution in [0.25, 0.3) is 11.1 Å². The third-order valence-corrected chi connectivity index (χ3v) is 3.19. The lowest BCUT2D eigenvalue weighted by molar-refractivity contribution is 0.416. The molecule has 0 aliphatic heterocycles. The minimum Gasteiger partial charge on any atom is -0.496 e. The second kappa shape index (κ2) is 15.8. The molecule has 0 unspecified atom stereocenters. The Morgan fingerprint density at radius 2 is 1.75 bits per heavy atom. The van der Waals surface area contributed by atoms with Crippen molar-refractivity contribution >= 4 is 17.7 Å². The highest BCUT2D eigenvalue weighted by Crippen LogP contribution is 2.31. The number of hydrogen-bond acceptors (Lipinski definition) is 5. The number of amidine groups is 1. The van der Waals surface area contributed by atoms with Crippen molar-refractivity contribution in [3.8, 4) is 16.9 Å². The number of anilines is 1. The average molecular weight is 382 g/mol. The highest BCUT2D eigenvalue weighted by atomic mass is 16.5. The Hall–Kier alpha value is -3.38. The first-order valence-electron chi connectivity index (χ1n) is 8.92. The van der Waals surface area contributed by atoms with E-state index in [9.17, 15) is 0 Å².